The summed E-state index contributed by atoms with van der Waals surface area (Å²) in [5, 5.41) is 18.7. The summed E-state index contributed by atoms with van der Waals surface area (Å²) in [5.74, 6) is 0.479. The van der Waals surface area contributed by atoms with Gasteiger partial charge in [0.15, 0.2) is 0 Å². The second-order valence-corrected chi connectivity index (χ2v) is 5.20. The number of anilines is 1. The number of aryl methyl sites for hydroxylation is 2. The maximum Gasteiger partial charge on any atom is 0.334 e. The molecule has 0 aromatic carbocycles. The predicted octanol–water partition coefficient (Wildman–Crippen LogP) is 2.15. The van der Waals surface area contributed by atoms with Gasteiger partial charge in [-0.3, -0.25) is 10.1 Å². The number of hydrogen-bond acceptors (Lipinski definition) is 5. The van der Waals surface area contributed by atoms with Gasteiger partial charge in [0.05, 0.1) is 11.3 Å². The zero-order valence-corrected chi connectivity index (χ0v) is 12.5. The lowest BCUT2D eigenvalue weighted by atomic mass is 10.1. The molecule has 0 amide bonds. The van der Waals surface area contributed by atoms with E-state index in [2.05, 4.69) is 15.4 Å². The fraction of sp³-hybridized carbons (Fsp3) is 0.538. The highest BCUT2D eigenvalue weighted by Crippen LogP contribution is 2.32. The molecule has 0 fully saturated rings. The maximum atomic E-state index is 11.3. The van der Waals surface area contributed by atoms with Crippen LogP contribution in [0.3, 0.4) is 0 Å². The smallest absolute Gasteiger partial charge is 0.334 e. The van der Waals surface area contributed by atoms with Gasteiger partial charge >= 0.3 is 5.69 Å². The Kier molecular flexibility index (Phi) is 4.56. The minimum Gasteiger partial charge on any atom is -0.364 e. The molecule has 2 rings (SSSR count). The Morgan fingerprint density at radius 3 is 2.81 bits per heavy atom. The summed E-state index contributed by atoms with van der Waals surface area (Å²) in [4.78, 5) is 14.9. The van der Waals surface area contributed by atoms with Gasteiger partial charge in [-0.15, -0.1) is 0 Å². The number of nitrogens with zero attached hydrogens (tertiary/aromatic N) is 5. The van der Waals surface area contributed by atoms with Crippen LogP contribution in [0.4, 0.5) is 11.5 Å². The van der Waals surface area contributed by atoms with E-state index in [-0.39, 0.29) is 16.5 Å². The van der Waals surface area contributed by atoms with Crippen molar-refractivity contribution in [1.82, 2.24) is 19.3 Å². The second kappa shape index (κ2) is 6.38. The molecular weight excluding hydrogens is 272 g/mol. The molecule has 0 atom stereocenters. The summed E-state index contributed by atoms with van der Waals surface area (Å²) in [6, 6.07) is 0. The van der Waals surface area contributed by atoms with Crippen LogP contribution in [-0.4, -0.2) is 30.8 Å². The Hall–Kier alpha value is -2.38. The van der Waals surface area contributed by atoms with Crippen LogP contribution in [0.1, 0.15) is 31.9 Å². The zero-order chi connectivity index (χ0) is 15.4. The Bertz CT molecular complexity index is 602. The first-order chi connectivity index (χ1) is 10.0. The number of aromatic nitrogens is 4. The molecule has 8 heteroatoms. The highest BCUT2D eigenvalue weighted by Gasteiger charge is 2.28. The topological polar surface area (TPSA) is 90.8 Å². The quantitative estimate of drug-likeness (QED) is 0.479. The summed E-state index contributed by atoms with van der Waals surface area (Å²) in [6.45, 7) is 5.25. The summed E-state index contributed by atoms with van der Waals surface area (Å²) in [6.07, 6.45) is 6.22. The SMILES string of the molecule is CC(C)c1nn(C)c(NCCCn2ccnc2)c1[N+](=O)[O-]. The summed E-state index contributed by atoms with van der Waals surface area (Å²) in [5.41, 5.74) is 0.592. The van der Waals surface area contributed by atoms with Crippen LogP contribution in [0.5, 0.6) is 0 Å². The van der Waals surface area contributed by atoms with Gasteiger partial charge in [0, 0.05) is 38.4 Å². The van der Waals surface area contributed by atoms with Gasteiger partial charge in [0.2, 0.25) is 5.82 Å². The van der Waals surface area contributed by atoms with Crippen LogP contribution < -0.4 is 5.32 Å². The molecule has 0 radical (unpaired) electrons. The first kappa shape index (κ1) is 15.0. The van der Waals surface area contributed by atoms with Crippen LogP contribution in [-0.2, 0) is 13.6 Å². The normalized spacial score (nSPS) is 11.0. The van der Waals surface area contributed by atoms with E-state index >= 15 is 0 Å². The molecule has 0 spiro atoms. The molecular formula is C13H20N6O2. The number of nitro groups is 1. The van der Waals surface area contributed by atoms with Crippen molar-refractivity contribution in [2.24, 2.45) is 7.05 Å². The molecule has 0 aliphatic rings. The van der Waals surface area contributed by atoms with Crippen LogP contribution in [0.2, 0.25) is 0 Å². The second-order valence-electron chi connectivity index (χ2n) is 5.20. The monoisotopic (exact) mass is 292 g/mol. The summed E-state index contributed by atoms with van der Waals surface area (Å²) < 4.78 is 3.52. The van der Waals surface area contributed by atoms with Crippen molar-refractivity contribution in [1.29, 1.82) is 0 Å². The lowest BCUT2D eigenvalue weighted by Crippen LogP contribution is -2.10. The van der Waals surface area contributed by atoms with Crippen molar-refractivity contribution in [3.05, 3.63) is 34.5 Å². The largest absolute Gasteiger partial charge is 0.364 e. The molecule has 2 aromatic heterocycles. The molecule has 2 heterocycles. The third kappa shape index (κ3) is 3.39. The van der Waals surface area contributed by atoms with E-state index in [1.54, 1.807) is 24.3 Å². The van der Waals surface area contributed by atoms with Crippen molar-refractivity contribution < 1.29 is 4.92 Å². The number of hydrogen-bond donors (Lipinski definition) is 1. The molecule has 0 saturated heterocycles. The Balaban J connectivity index is 2.03. The van der Waals surface area contributed by atoms with Crippen LogP contribution >= 0.6 is 0 Å². The molecule has 1 N–H and O–H groups in total. The van der Waals surface area contributed by atoms with Gasteiger partial charge in [0.25, 0.3) is 0 Å². The van der Waals surface area contributed by atoms with Crippen LogP contribution in [0.25, 0.3) is 0 Å². The molecule has 0 bridgehead atoms. The van der Waals surface area contributed by atoms with E-state index in [1.807, 2.05) is 24.6 Å². The minimum atomic E-state index is -0.361. The van der Waals surface area contributed by atoms with Crippen LogP contribution in [0.15, 0.2) is 18.7 Å². The third-order valence-electron chi connectivity index (χ3n) is 3.22. The van der Waals surface area contributed by atoms with E-state index in [4.69, 9.17) is 0 Å². The standard InChI is InChI=1S/C13H20N6O2/c1-10(2)11-12(19(20)21)13(17(3)16-11)15-5-4-7-18-8-6-14-9-18/h6,8-10,15H,4-5,7H2,1-3H3. The zero-order valence-electron chi connectivity index (χ0n) is 12.5. The van der Waals surface area contributed by atoms with E-state index in [1.165, 1.54) is 0 Å². The summed E-state index contributed by atoms with van der Waals surface area (Å²) in [7, 11) is 1.72. The molecule has 2 aromatic rings. The third-order valence-corrected chi connectivity index (χ3v) is 3.22. The van der Waals surface area contributed by atoms with Gasteiger partial charge < -0.3 is 9.88 Å². The van der Waals surface area contributed by atoms with Crippen molar-refractivity contribution in [2.75, 3.05) is 11.9 Å². The number of rotatable bonds is 7. The van der Waals surface area contributed by atoms with Crippen molar-refractivity contribution in [3.8, 4) is 0 Å². The average molecular weight is 292 g/mol. The van der Waals surface area contributed by atoms with Gasteiger partial charge in [-0.1, -0.05) is 13.8 Å². The Morgan fingerprint density at radius 1 is 1.48 bits per heavy atom. The van der Waals surface area contributed by atoms with Gasteiger partial charge in [0.1, 0.15) is 5.69 Å². The van der Waals surface area contributed by atoms with Crippen molar-refractivity contribution >= 4 is 11.5 Å². The lowest BCUT2D eigenvalue weighted by molar-refractivity contribution is -0.384. The minimum absolute atomic E-state index is 0.0121. The van der Waals surface area contributed by atoms with Crippen molar-refractivity contribution in [3.63, 3.8) is 0 Å². The average Bonchev–Trinajstić information content (AvgIpc) is 3.02. The molecule has 0 aliphatic heterocycles. The Morgan fingerprint density at radius 2 is 2.24 bits per heavy atom. The summed E-state index contributed by atoms with van der Waals surface area (Å²) >= 11 is 0. The van der Waals surface area contributed by atoms with E-state index in [0.29, 0.717) is 18.1 Å². The van der Waals surface area contributed by atoms with E-state index in [9.17, 15) is 10.1 Å². The molecule has 0 saturated carbocycles. The maximum absolute atomic E-state index is 11.3. The fourth-order valence-electron chi connectivity index (χ4n) is 2.19. The molecule has 0 unspecified atom stereocenters. The first-order valence-corrected chi connectivity index (χ1v) is 6.91. The van der Waals surface area contributed by atoms with Gasteiger partial charge in [-0.05, 0) is 6.42 Å². The van der Waals surface area contributed by atoms with Crippen molar-refractivity contribution in [2.45, 2.75) is 32.7 Å². The molecule has 0 aliphatic carbocycles. The van der Waals surface area contributed by atoms with E-state index in [0.717, 1.165) is 13.0 Å². The first-order valence-electron chi connectivity index (χ1n) is 6.91. The molecule has 21 heavy (non-hydrogen) atoms. The molecule has 114 valence electrons. The highest BCUT2D eigenvalue weighted by molar-refractivity contribution is 5.60. The lowest BCUT2D eigenvalue weighted by Gasteiger charge is -2.06. The number of nitrogens with one attached hydrogen (secondary N) is 1. The predicted molar refractivity (Wildman–Crippen MR) is 79.3 cm³/mol. The fourth-order valence-corrected chi connectivity index (χ4v) is 2.19. The van der Waals surface area contributed by atoms with Gasteiger partial charge in [-0.2, -0.15) is 5.10 Å². The highest BCUT2D eigenvalue weighted by atomic mass is 16.6. The Labute approximate surface area is 122 Å². The van der Waals surface area contributed by atoms with E-state index < -0.39 is 0 Å². The molecule has 8 nitrogen and oxygen atoms in total. The number of imidazole rings is 1. The van der Waals surface area contributed by atoms with Gasteiger partial charge in [-0.25, -0.2) is 9.67 Å². The van der Waals surface area contributed by atoms with Crippen LogP contribution in [0, 0.1) is 10.1 Å².